The van der Waals surface area contributed by atoms with E-state index >= 15 is 0 Å². The van der Waals surface area contributed by atoms with Crippen LogP contribution in [0.3, 0.4) is 0 Å². The first-order chi connectivity index (χ1) is 15.3. The standard InChI is InChI=1S/C27H27NO4/c1-19-16-21-14-15-28(26(29)32-27(2,3)4)25(21)24(17-19)31-23-13-9-8-12-22(23)30-18-20-10-6-5-7-11-20/h5-17H,18H2,1-4H3. The van der Waals surface area contributed by atoms with Gasteiger partial charge in [0.25, 0.3) is 0 Å². The summed E-state index contributed by atoms with van der Waals surface area (Å²) in [6, 6.07) is 23.3. The minimum Gasteiger partial charge on any atom is -0.485 e. The summed E-state index contributed by atoms with van der Waals surface area (Å²) in [7, 11) is 0. The van der Waals surface area contributed by atoms with Crippen molar-refractivity contribution in [2.45, 2.75) is 39.9 Å². The lowest BCUT2D eigenvalue weighted by atomic mass is 10.1. The minimum atomic E-state index is -0.600. The van der Waals surface area contributed by atoms with Crippen molar-refractivity contribution >= 4 is 17.0 Å². The lowest BCUT2D eigenvalue weighted by Crippen LogP contribution is -2.26. The summed E-state index contributed by atoms with van der Waals surface area (Å²) in [4.78, 5) is 12.8. The molecule has 1 heterocycles. The van der Waals surface area contributed by atoms with E-state index in [1.807, 2.05) is 100 Å². The molecule has 4 aromatic rings. The van der Waals surface area contributed by atoms with Crippen molar-refractivity contribution in [1.82, 2.24) is 4.57 Å². The van der Waals surface area contributed by atoms with Gasteiger partial charge in [0.15, 0.2) is 17.2 Å². The van der Waals surface area contributed by atoms with Crippen molar-refractivity contribution in [3.05, 3.63) is 90.1 Å². The van der Waals surface area contributed by atoms with Crippen LogP contribution in [-0.4, -0.2) is 16.3 Å². The highest BCUT2D eigenvalue weighted by atomic mass is 16.6. The van der Waals surface area contributed by atoms with Crippen molar-refractivity contribution < 1.29 is 19.0 Å². The molecule has 0 aliphatic rings. The van der Waals surface area contributed by atoms with E-state index in [2.05, 4.69) is 0 Å². The zero-order valence-electron chi connectivity index (χ0n) is 18.8. The van der Waals surface area contributed by atoms with Crippen molar-refractivity contribution in [1.29, 1.82) is 0 Å². The molecule has 0 unspecified atom stereocenters. The van der Waals surface area contributed by atoms with Crippen molar-refractivity contribution in [3.63, 3.8) is 0 Å². The van der Waals surface area contributed by atoms with Crippen LogP contribution in [0.5, 0.6) is 17.2 Å². The van der Waals surface area contributed by atoms with Gasteiger partial charge in [-0.1, -0.05) is 42.5 Å². The Labute approximate surface area is 188 Å². The van der Waals surface area contributed by atoms with Crippen molar-refractivity contribution in [2.24, 2.45) is 0 Å². The number of nitrogens with zero attached hydrogens (tertiary/aromatic N) is 1. The van der Waals surface area contributed by atoms with E-state index in [0.29, 0.717) is 29.4 Å². The number of ether oxygens (including phenoxy) is 3. The van der Waals surface area contributed by atoms with E-state index in [4.69, 9.17) is 14.2 Å². The van der Waals surface area contributed by atoms with Crippen LogP contribution in [-0.2, 0) is 11.3 Å². The quantitative estimate of drug-likeness (QED) is 0.339. The SMILES string of the molecule is Cc1cc(Oc2ccccc2OCc2ccccc2)c2c(ccn2C(=O)OC(C)(C)C)c1. The first-order valence-corrected chi connectivity index (χ1v) is 10.6. The average molecular weight is 430 g/mol. The fraction of sp³-hybridized carbons (Fsp3) is 0.222. The predicted molar refractivity (Wildman–Crippen MR) is 126 cm³/mol. The zero-order chi connectivity index (χ0) is 22.7. The number of benzene rings is 3. The highest BCUT2D eigenvalue weighted by Gasteiger charge is 2.21. The van der Waals surface area contributed by atoms with E-state index in [1.54, 1.807) is 6.20 Å². The molecule has 0 aliphatic heterocycles. The van der Waals surface area contributed by atoms with Gasteiger partial charge in [0.2, 0.25) is 0 Å². The first-order valence-electron chi connectivity index (χ1n) is 10.6. The average Bonchev–Trinajstić information content (AvgIpc) is 3.17. The minimum absolute atomic E-state index is 0.429. The summed E-state index contributed by atoms with van der Waals surface area (Å²) in [6.45, 7) is 7.96. The molecule has 0 fully saturated rings. The van der Waals surface area contributed by atoms with E-state index in [9.17, 15) is 4.79 Å². The summed E-state index contributed by atoms with van der Waals surface area (Å²) >= 11 is 0. The number of carbonyl (C=O) groups is 1. The Kier molecular flexibility index (Phi) is 5.91. The number of carbonyl (C=O) groups excluding carboxylic acids is 1. The topological polar surface area (TPSA) is 49.7 Å². The first kappa shape index (κ1) is 21.5. The second-order valence-corrected chi connectivity index (χ2v) is 8.69. The number of aromatic nitrogens is 1. The maximum atomic E-state index is 12.8. The molecular weight excluding hydrogens is 402 g/mol. The van der Waals surface area contributed by atoms with Crippen molar-refractivity contribution in [2.75, 3.05) is 0 Å². The Hall–Kier alpha value is -3.73. The number of para-hydroxylation sites is 2. The molecular formula is C27H27NO4. The highest BCUT2D eigenvalue weighted by Crippen LogP contribution is 2.37. The van der Waals surface area contributed by atoms with E-state index in [0.717, 1.165) is 16.5 Å². The van der Waals surface area contributed by atoms with Gasteiger partial charge in [-0.2, -0.15) is 0 Å². The largest absolute Gasteiger partial charge is 0.485 e. The maximum Gasteiger partial charge on any atom is 0.419 e. The normalized spacial score (nSPS) is 11.4. The molecule has 164 valence electrons. The predicted octanol–water partition coefficient (Wildman–Crippen LogP) is 7.10. The highest BCUT2D eigenvalue weighted by molar-refractivity contribution is 5.94. The lowest BCUT2D eigenvalue weighted by Gasteiger charge is -2.20. The molecule has 0 bridgehead atoms. The van der Waals surface area contributed by atoms with Gasteiger partial charge in [-0.3, -0.25) is 0 Å². The molecule has 0 saturated carbocycles. The third kappa shape index (κ3) is 4.94. The summed E-state index contributed by atoms with van der Waals surface area (Å²) in [6.07, 6.45) is 1.26. The maximum absolute atomic E-state index is 12.8. The van der Waals surface area contributed by atoms with Gasteiger partial charge in [-0.15, -0.1) is 0 Å². The van der Waals surface area contributed by atoms with Crippen LogP contribution in [0.25, 0.3) is 10.9 Å². The van der Waals surface area contributed by atoms with Gasteiger partial charge in [0.05, 0.1) is 0 Å². The second-order valence-electron chi connectivity index (χ2n) is 8.69. The third-order valence-electron chi connectivity index (χ3n) is 4.79. The van der Waals surface area contributed by atoms with Crippen LogP contribution in [0.4, 0.5) is 4.79 Å². The summed E-state index contributed by atoms with van der Waals surface area (Å²) < 4.78 is 19.4. The molecule has 5 heteroatoms. The Morgan fingerprint density at radius 1 is 0.875 bits per heavy atom. The number of aryl methyl sites for hydroxylation is 1. The molecule has 4 rings (SSSR count). The lowest BCUT2D eigenvalue weighted by molar-refractivity contribution is 0.0544. The summed E-state index contributed by atoms with van der Waals surface area (Å²) in [5.41, 5.74) is 2.15. The van der Waals surface area contributed by atoms with Gasteiger partial charge < -0.3 is 14.2 Å². The molecule has 0 aliphatic carbocycles. The molecule has 0 atom stereocenters. The van der Waals surface area contributed by atoms with Crippen LogP contribution in [0.1, 0.15) is 31.9 Å². The smallest absolute Gasteiger partial charge is 0.419 e. The molecule has 0 saturated heterocycles. The van der Waals surface area contributed by atoms with Crippen LogP contribution in [0.15, 0.2) is 79.0 Å². The molecule has 0 amide bonds. The van der Waals surface area contributed by atoms with E-state index < -0.39 is 11.7 Å². The Morgan fingerprint density at radius 2 is 1.56 bits per heavy atom. The van der Waals surface area contributed by atoms with Crippen LogP contribution in [0, 0.1) is 6.92 Å². The molecule has 3 aromatic carbocycles. The molecule has 5 nitrogen and oxygen atoms in total. The van der Waals surface area contributed by atoms with Gasteiger partial charge in [0, 0.05) is 11.6 Å². The Morgan fingerprint density at radius 3 is 2.28 bits per heavy atom. The van der Waals surface area contributed by atoms with E-state index in [1.165, 1.54) is 4.57 Å². The fourth-order valence-corrected chi connectivity index (χ4v) is 3.44. The van der Waals surface area contributed by atoms with Crippen LogP contribution >= 0.6 is 0 Å². The Bertz CT molecular complexity index is 1240. The van der Waals surface area contributed by atoms with Gasteiger partial charge in [0.1, 0.15) is 17.7 Å². The third-order valence-corrected chi connectivity index (χ3v) is 4.79. The number of hydrogen-bond acceptors (Lipinski definition) is 4. The monoisotopic (exact) mass is 429 g/mol. The molecule has 0 radical (unpaired) electrons. The van der Waals surface area contributed by atoms with Crippen LogP contribution < -0.4 is 9.47 Å². The number of rotatable bonds is 5. The number of fused-ring (bicyclic) bond motifs is 1. The van der Waals surface area contributed by atoms with Gasteiger partial charge >= 0.3 is 6.09 Å². The molecule has 32 heavy (non-hydrogen) atoms. The Balaban J connectivity index is 1.67. The summed E-state index contributed by atoms with van der Waals surface area (Å²) in [5, 5.41) is 0.897. The second kappa shape index (κ2) is 8.79. The zero-order valence-corrected chi connectivity index (χ0v) is 18.8. The molecule has 0 N–H and O–H groups in total. The summed E-state index contributed by atoms with van der Waals surface area (Å²) in [5.74, 6) is 1.76. The van der Waals surface area contributed by atoms with E-state index in [-0.39, 0.29) is 0 Å². The van der Waals surface area contributed by atoms with Crippen molar-refractivity contribution in [3.8, 4) is 17.2 Å². The molecule has 1 aromatic heterocycles. The number of hydrogen-bond donors (Lipinski definition) is 0. The molecule has 0 spiro atoms. The fourth-order valence-electron chi connectivity index (χ4n) is 3.44. The van der Waals surface area contributed by atoms with Gasteiger partial charge in [-0.05, 0) is 69.2 Å². The van der Waals surface area contributed by atoms with Gasteiger partial charge in [-0.25, -0.2) is 9.36 Å². The van der Waals surface area contributed by atoms with Crippen LogP contribution in [0.2, 0.25) is 0 Å².